The van der Waals surface area contributed by atoms with Crippen LogP contribution in [0.2, 0.25) is 0 Å². The van der Waals surface area contributed by atoms with E-state index in [1.54, 1.807) is 6.08 Å². The van der Waals surface area contributed by atoms with E-state index >= 15 is 0 Å². The van der Waals surface area contributed by atoms with Crippen molar-refractivity contribution in [3.8, 4) is 0 Å². The maximum atomic E-state index is 10.3. The normalized spacial score (nSPS) is 17.2. The second kappa shape index (κ2) is 1.62. The van der Waals surface area contributed by atoms with E-state index in [-0.39, 0.29) is 5.78 Å². The highest BCUT2D eigenvalue weighted by atomic mass is 16.1. The van der Waals surface area contributed by atoms with Crippen LogP contribution in [0, 0.1) is 0 Å². The third-order valence-corrected chi connectivity index (χ3v) is 1.26. The van der Waals surface area contributed by atoms with Crippen LogP contribution in [0.1, 0.15) is 6.42 Å². The highest BCUT2D eigenvalue weighted by molar-refractivity contribution is 5.98. The molecule has 44 valence electrons. The van der Waals surface area contributed by atoms with Gasteiger partial charge in [0, 0.05) is 25.9 Å². The van der Waals surface area contributed by atoms with Gasteiger partial charge >= 0.3 is 0 Å². The standard InChI is InChI=1S/C6H9NO/c1-7(2)5-3-6(8)4-5/h3H,4H2,1-2H3. The molecule has 0 fully saturated rings. The Bertz CT molecular complexity index is 147. The Hall–Kier alpha value is -0.790. The number of nitrogens with zero attached hydrogens (tertiary/aromatic N) is 1. The Morgan fingerprint density at radius 1 is 1.62 bits per heavy atom. The van der Waals surface area contributed by atoms with Crippen molar-refractivity contribution in [2.45, 2.75) is 6.42 Å². The number of carbonyl (C=O) groups excluding carboxylic acids is 1. The minimum absolute atomic E-state index is 0.244. The Labute approximate surface area is 48.8 Å². The monoisotopic (exact) mass is 111 g/mol. The molecular weight excluding hydrogens is 102 g/mol. The van der Waals surface area contributed by atoms with Gasteiger partial charge in [-0.3, -0.25) is 4.79 Å². The molecule has 0 saturated heterocycles. The molecule has 0 atom stereocenters. The fourth-order valence-corrected chi connectivity index (χ4v) is 0.623. The van der Waals surface area contributed by atoms with Gasteiger partial charge in [-0.25, -0.2) is 0 Å². The molecule has 1 aliphatic carbocycles. The maximum absolute atomic E-state index is 10.3. The molecule has 0 saturated carbocycles. The lowest BCUT2D eigenvalue weighted by Crippen LogP contribution is -2.21. The number of rotatable bonds is 1. The van der Waals surface area contributed by atoms with Crippen LogP contribution in [0.3, 0.4) is 0 Å². The molecule has 0 radical (unpaired) electrons. The van der Waals surface area contributed by atoms with Crippen LogP contribution in [0.25, 0.3) is 0 Å². The smallest absolute Gasteiger partial charge is 0.163 e. The second-order valence-corrected chi connectivity index (χ2v) is 2.17. The lowest BCUT2D eigenvalue weighted by atomic mass is 10.0. The molecule has 0 spiro atoms. The lowest BCUT2D eigenvalue weighted by Gasteiger charge is -2.21. The Kier molecular flexibility index (Phi) is 1.08. The zero-order valence-corrected chi connectivity index (χ0v) is 5.14. The summed E-state index contributed by atoms with van der Waals surface area (Å²) >= 11 is 0. The third-order valence-electron chi connectivity index (χ3n) is 1.26. The molecule has 2 nitrogen and oxygen atoms in total. The first kappa shape index (κ1) is 5.35. The van der Waals surface area contributed by atoms with Gasteiger partial charge in [0.1, 0.15) is 0 Å². The SMILES string of the molecule is CN(C)C1=CC(=O)C1. The summed E-state index contributed by atoms with van der Waals surface area (Å²) in [6, 6.07) is 0. The van der Waals surface area contributed by atoms with Crippen molar-refractivity contribution < 1.29 is 4.79 Å². The zero-order chi connectivity index (χ0) is 6.15. The average Bonchev–Trinajstić information content (AvgIpc) is 1.57. The number of ketones is 1. The first-order chi connectivity index (χ1) is 3.70. The van der Waals surface area contributed by atoms with Gasteiger partial charge in [-0.05, 0) is 0 Å². The van der Waals surface area contributed by atoms with Gasteiger partial charge in [0.2, 0.25) is 0 Å². The Morgan fingerprint density at radius 2 is 2.12 bits per heavy atom. The summed E-state index contributed by atoms with van der Waals surface area (Å²) in [6.45, 7) is 0. The highest BCUT2D eigenvalue weighted by Crippen LogP contribution is 2.14. The first-order valence-electron chi connectivity index (χ1n) is 2.61. The summed E-state index contributed by atoms with van der Waals surface area (Å²) in [5.41, 5.74) is 1.13. The van der Waals surface area contributed by atoms with E-state index in [2.05, 4.69) is 0 Å². The summed E-state index contributed by atoms with van der Waals surface area (Å²) in [5, 5.41) is 0. The topological polar surface area (TPSA) is 20.3 Å². The van der Waals surface area contributed by atoms with E-state index in [0.29, 0.717) is 6.42 Å². The predicted molar refractivity (Wildman–Crippen MR) is 31.4 cm³/mol. The first-order valence-corrected chi connectivity index (χ1v) is 2.61. The molecule has 0 bridgehead atoms. The summed E-state index contributed by atoms with van der Waals surface area (Å²) in [7, 11) is 3.89. The van der Waals surface area contributed by atoms with Crippen LogP contribution in [-0.4, -0.2) is 24.8 Å². The molecular formula is C6H9NO. The molecule has 1 aliphatic rings. The van der Waals surface area contributed by atoms with Crippen LogP contribution in [0.15, 0.2) is 11.8 Å². The fraction of sp³-hybridized carbons (Fsp3) is 0.500. The molecule has 0 aromatic carbocycles. The number of hydrogen-bond donors (Lipinski definition) is 0. The van der Waals surface area contributed by atoms with Gasteiger partial charge in [0.25, 0.3) is 0 Å². The predicted octanol–water partition coefficient (Wildman–Crippen LogP) is 0.405. The summed E-state index contributed by atoms with van der Waals surface area (Å²) in [5.74, 6) is 0.244. The van der Waals surface area contributed by atoms with Gasteiger partial charge in [-0.1, -0.05) is 0 Å². The molecule has 8 heavy (non-hydrogen) atoms. The highest BCUT2D eigenvalue weighted by Gasteiger charge is 2.15. The zero-order valence-electron chi connectivity index (χ0n) is 5.14. The van der Waals surface area contributed by atoms with E-state index in [1.165, 1.54) is 0 Å². The summed E-state index contributed by atoms with van der Waals surface area (Å²) in [4.78, 5) is 12.3. The van der Waals surface area contributed by atoms with Crippen LogP contribution in [0.5, 0.6) is 0 Å². The van der Waals surface area contributed by atoms with Crippen LogP contribution in [-0.2, 0) is 4.79 Å². The molecule has 0 aromatic rings. The van der Waals surface area contributed by atoms with Crippen molar-refractivity contribution >= 4 is 5.78 Å². The number of hydrogen-bond acceptors (Lipinski definition) is 2. The molecule has 0 amide bonds. The minimum atomic E-state index is 0.244. The average molecular weight is 111 g/mol. The van der Waals surface area contributed by atoms with Gasteiger partial charge in [-0.15, -0.1) is 0 Å². The molecule has 2 heteroatoms. The Morgan fingerprint density at radius 3 is 2.25 bits per heavy atom. The van der Waals surface area contributed by atoms with Crippen molar-refractivity contribution in [3.05, 3.63) is 11.8 Å². The summed E-state index contributed by atoms with van der Waals surface area (Å²) < 4.78 is 0. The number of allylic oxidation sites excluding steroid dienone is 2. The Balaban J connectivity index is 2.54. The second-order valence-electron chi connectivity index (χ2n) is 2.17. The summed E-state index contributed by atoms with van der Waals surface area (Å²) in [6.07, 6.45) is 2.30. The van der Waals surface area contributed by atoms with E-state index in [1.807, 2.05) is 19.0 Å². The van der Waals surface area contributed by atoms with E-state index in [9.17, 15) is 4.79 Å². The minimum Gasteiger partial charge on any atom is -0.380 e. The molecule has 0 aromatic heterocycles. The van der Waals surface area contributed by atoms with Crippen molar-refractivity contribution in [3.63, 3.8) is 0 Å². The quantitative estimate of drug-likeness (QED) is 0.488. The maximum Gasteiger partial charge on any atom is 0.163 e. The molecule has 1 rings (SSSR count). The van der Waals surface area contributed by atoms with E-state index in [4.69, 9.17) is 0 Å². The van der Waals surface area contributed by atoms with Crippen LogP contribution < -0.4 is 0 Å². The van der Waals surface area contributed by atoms with Crippen molar-refractivity contribution in [1.29, 1.82) is 0 Å². The molecule has 0 heterocycles. The van der Waals surface area contributed by atoms with Crippen LogP contribution in [0.4, 0.5) is 0 Å². The van der Waals surface area contributed by atoms with Gasteiger partial charge < -0.3 is 4.90 Å². The third kappa shape index (κ3) is 0.735. The number of carbonyl (C=O) groups is 1. The van der Waals surface area contributed by atoms with Gasteiger partial charge in [-0.2, -0.15) is 0 Å². The fourth-order valence-electron chi connectivity index (χ4n) is 0.623. The largest absolute Gasteiger partial charge is 0.380 e. The molecule has 0 aliphatic heterocycles. The molecule has 0 unspecified atom stereocenters. The van der Waals surface area contributed by atoms with Crippen molar-refractivity contribution in [1.82, 2.24) is 4.90 Å². The van der Waals surface area contributed by atoms with Crippen LogP contribution >= 0.6 is 0 Å². The lowest BCUT2D eigenvalue weighted by molar-refractivity contribution is -0.115. The van der Waals surface area contributed by atoms with E-state index in [0.717, 1.165) is 5.70 Å². The van der Waals surface area contributed by atoms with E-state index < -0.39 is 0 Å². The van der Waals surface area contributed by atoms with Gasteiger partial charge in [0.15, 0.2) is 5.78 Å². The van der Waals surface area contributed by atoms with Crippen molar-refractivity contribution in [2.24, 2.45) is 0 Å². The van der Waals surface area contributed by atoms with Crippen molar-refractivity contribution in [2.75, 3.05) is 14.1 Å². The van der Waals surface area contributed by atoms with Gasteiger partial charge in [0.05, 0.1) is 6.42 Å². The molecule has 0 N–H and O–H groups in total.